The predicted octanol–water partition coefficient (Wildman–Crippen LogP) is 3.67. The van der Waals surface area contributed by atoms with E-state index >= 15 is 0 Å². The van der Waals surface area contributed by atoms with Crippen molar-refractivity contribution in [1.29, 1.82) is 0 Å². The highest BCUT2D eigenvalue weighted by Gasteiger charge is 2.22. The van der Waals surface area contributed by atoms with Crippen molar-refractivity contribution >= 4 is 17.8 Å². The minimum atomic E-state index is -0.398. The van der Waals surface area contributed by atoms with E-state index in [9.17, 15) is 4.79 Å². The molecule has 20 heavy (non-hydrogen) atoms. The van der Waals surface area contributed by atoms with Crippen molar-refractivity contribution in [2.75, 3.05) is 0 Å². The second-order valence-corrected chi connectivity index (χ2v) is 4.57. The van der Waals surface area contributed by atoms with E-state index < -0.39 is 5.97 Å². The summed E-state index contributed by atoms with van der Waals surface area (Å²) in [4.78, 5) is 16.3. The van der Waals surface area contributed by atoms with Crippen LogP contribution in [0.3, 0.4) is 0 Å². The van der Waals surface area contributed by atoms with Crippen molar-refractivity contribution in [3.8, 4) is 11.1 Å². The van der Waals surface area contributed by atoms with Gasteiger partial charge in [0.25, 0.3) is 0 Å². The highest BCUT2D eigenvalue weighted by atomic mass is 16.7. The molecule has 0 atom stereocenters. The smallest absolute Gasteiger partial charge is 0.312 e. The van der Waals surface area contributed by atoms with Crippen molar-refractivity contribution in [2.24, 2.45) is 5.16 Å². The second-order valence-electron chi connectivity index (χ2n) is 4.57. The summed E-state index contributed by atoms with van der Waals surface area (Å²) in [6.45, 7) is 1.77. The molecule has 0 aliphatic carbocycles. The minimum Gasteiger partial charge on any atom is -0.312 e. The fourth-order valence-electron chi connectivity index (χ4n) is 2.18. The lowest BCUT2D eigenvalue weighted by molar-refractivity contribution is -0.136. The largest absolute Gasteiger partial charge is 0.367 e. The van der Waals surface area contributed by atoms with Crippen LogP contribution in [0.15, 0.2) is 65.3 Å². The number of rotatable bonds is 2. The van der Waals surface area contributed by atoms with Crippen LogP contribution in [0.1, 0.15) is 12.5 Å². The first-order chi connectivity index (χ1) is 9.75. The summed E-state index contributed by atoms with van der Waals surface area (Å²) in [5, 5.41) is 3.70. The lowest BCUT2D eigenvalue weighted by Crippen LogP contribution is -2.02. The average molecular weight is 263 g/mol. The molecule has 0 saturated heterocycles. The van der Waals surface area contributed by atoms with Crippen molar-refractivity contribution in [1.82, 2.24) is 0 Å². The zero-order chi connectivity index (χ0) is 13.9. The number of carbonyl (C=O) groups excluding carboxylic acids is 1. The molecule has 1 aliphatic heterocycles. The molecule has 3 heteroatoms. The van der Waals surface area contributed by atoms with E-state index in [1.54, 1.807) is 6.92 Å². The van der Waals surface area contributed by atoms with Crippen LogP contribution in [0.25, 0.3) is 17.2 Å². The summed E-state index contributed by atoms with van der Waals surface area (Å²) < 4.78 is 0. The topological polar surface area (TPSA) is 38.7 Å². The van der Waals surface area contributed by atoms with E-state index in [0.717, 1.165) is 16.7 Å². The van der Waals surface area contributed by atoms with Gasteiger partial charge in [-0.3, -0.25) is 0 Å². The molecule has 0 aromatic heterocycles. The van der Waals surface area contributed by atoms with E-state index in [-0.39, 0.29) is 0 Å². The van der Waals surface area contributed by atoms with Crippen LogP contribution >= 0.6 is 0 Å². The molecule has 3 nitrogen and oxygen atoms in total. The van der Waals surface area contributed by atoms with Crippen LogP contribution in [-0.4, -0.2) is 11.7 Å². The van der Waals surface area contributed by atoms with Crippen LogP contribution in [0.2, 0.25) is 0 Å². The van der Waals surface area contributed by atoms with E-state index in [2.05, 4.69) is 9.99 Å². The van der Waals surface area contributed by atoms with Gasteiger partial charge in [0.05, 0.1) is 11.3 Å². The monoisotopic (exact) mass is 263 g/mol. The molecule has 1 aliphatic rings. The van der Waals surface area contributed by atoms with Crippen LogP contribution in [-0.2, 0) is 9.63 Å². The molecule has 0 saturated carbocycles. The van der Waals surface area contributed by atoms with Gasteiger partial charge in [0, 0.05) is 0 Å². The Labute approximate surface area is 117 Å². The molecule has 0 amide bonds. The number of nitrogens with zero attached hydrogens (tertiary/aromatic N) is 1. The van der Waals surface area contributed by atoms with Crippen LogP contribution in [0.5, 0.6) is 0 Å². The summed E-state index contributed by atoms with van der Waals surface area (Å²) in [6, 6.07) is 18.0. The van der Waals surface area contributed by atoms with Crippen LogP contribution < -0.4 is 0 Å². The van der Waals surface area contributed by atoms with Gasteiger partial charge in [-0.25, -0.2) is 4.79 Å². The molecule has 98 valence electrons. The Kier molecular flexibility index (Phi) is 3.17. The van der Waals surface area contributed by atoms with E-state index in [1.807, 2.05) is 60.7 Å². The molecule has 3 rings (SSSR count). The number of hydrogen-bond acceptors (Lipinski definition) is 3. The SMILES string of the molecule is CC1=NOC(=O)/C1=C\c1ccccc1-c1ccccc1. The number of hydrogen-bond donors (Lipinski definition) is 0. The van der Waals surface area contributed by atoms with Crippen molar-refractivity contribution in [3.63, 3.8) is 0 Å². The molecule has 2 aromatic rings. The normalized spacial score (nSPS) is 16.1. The minimum absolute atomic E-state index is 0.398. The molecular formula is C17H13NO2. The van der Waals surface area contributed by atoms with Gasteiger partial charge in [-0.15, -0.1) is 0 Å². The zero-order valence-electron chi connectivity index (χ0n) is 11.0. The van der Waals surface area contributed by atoms with Gasteiger partial charge in [-0.05, 0) is 29.7 Å². The Morgan fingerprint density at radius 3 is 2.40 bits per heavy atom. The van der Waals surface area contributed by atoms with Crippen molar-refractivity contribution < 1.29 is 9.63 Å². The molecule has 2 aromatic carbocycles. The zero-order valence-corrected chi connectivity index (χ0v) is 11.0. The van der Waals surface area contributed by atoms with Gasteiger partial charge in [0.2, 0.25) is 0 Å². The first-order valence-electron chi connectivity index (χ1n) is 6.38. The molecular weight excluding hydrogens is 250 g/mol. The molecule has 0 radical (unpaired) electrons. The average Bonchev–Trinajstić information content (AvgIpc) is 2.81. The Bertz CT molecular complexity index is 715. The number of carbonyl (C=O) groups is 1. The lowest BCUT2D eigenvalue weighted by Gasteiger charge is -2.06. The second kappa shape index (κ2) is 5.13. The molecule has 0 N–H and O–H groups in total. The summed E-state index contributed by atoms with van der Waals surface area (Å²) in [5.74, 6) is -0.398. The Hall–Kier alpha value is -2.68. The third-order valence-electron chi connectivity index (χ3n) is 3.22. The highest BCUT2D eigenvalue weighted by molar-refractivity contribution is 6.24. The van der Waals surface area contributed by atoms with Crippen molar-refractivity contribution in [2.45, 2.75) is 6.92 Å². The van der Waals surface area contributed by atoms with Gasteiger partial charge in [0.1, 0.15) is 0 Å². The van der Waals surface area contributed by atoms with Gasteiger partial charge < -0.3 is 4.84 Å². The van der Waals surface area contributed by atoms with E-state index in [1.165, 1.54) is 0 Å². The van der Waals surface area contributed by atoms with Crippen LogP contribution in [0.4, 0.5) is 0 Å². The summed E-state index contributed by atoms with van der Waals surface area (Å²) in [5.41, 5.74) is 4.28. The van der Waals surface area contributed by atoms with Gasteiger partial charge in [-0.2, -0.15) is 0 Å². The van der Waals surface area contributed by atoms with Gasteiger partial charge in [-0.1, -0.05) is 59.8 Å². The predicted molar refractivity (Wildman–Crippen MR) is 79.1 cm³/mol. The summed E-state index contributed by atoms with van der Waals surface area (Å²) in [7, 11) is 0. The lowest BCUT2D eigenvalue weighted by atomic mass is 9.97. The first kappa shape index (κ1) is 12.4. The maximum Gasteiger partial charge on any atom is 0.367 e. The van der Waals surface area contributed by atoms with Gasteiger partial charge >= 0.3 is 5.97 Å². The van der Waals surface area contributed by atoms with E-state index in [4.69, 9.17) is 0 Å². The maximum atomic E-state index is 11.6. The molecule has 0 unspecified atom stereocenters. The molecule has 1 heterocycles. The number of benzene rings is 2. The highest BCUT2D eigenvalue weighted by Crippen LogP contribution is 2.26. The molecule has 0 bridgehead atoms. The maximum absolute atomic E-state index is 11.6. The van der Waals surface area contributed by atoms with Crippen molar-refractivity contribution in [3.05, 3.63) is 65.7 Å². The fourth-order valence-corrected chi connectivity index (χ4v) is 2.18. The van der Waals surface area contributed by atoms with E-state index in [0.29, 0.717) is 11.3 Å². The number of oxime groups is 1. The summed E-state index contributed by atoms with van der Waals surface area (Å²) >= 11 is 0. The Morgan fingerprint density at radius 1 is 1.00 bits per heavy atom. The quantitative estimate of drug-likeness (QED) is 0.612. The third kappa shape index (κ3) is 2.26. The Balaban J connectivity index is 2.10. The Morgan fingerprint density at radius 2 is 1.70 bits per heavy atom. The van der Waals surface area contributed by atoms with Gasteiger partial charge in [0.15, 0.2) is 0 Å². The third-order valence-corrected chi connectivity index (χ3v) is 3.22. The first-order valence-corrected chi connectivity index (χ1v) is 6.38. The standard InChI is InChI=1S/C17H13NO2/c1-12-16(17(19)20-18-12)11-14-9-5-6-10-15(14)13-7-3-2-4-8-13/h2-11H,1H3/b16-11-. The summed E-state index contributed by atoms with van der Waals surface area (Å²) in [6.07, 6.45) is 1.83. The molecule has 0 fully saturated rings. The fraction of sp³-hybridized carbons (Fsp3) is 0.0588. The van der Waals surface area contributed by atoms with Crippen LogP contribution in [0, 0.1) is 0 Å². The molecule has 0 spiro atoms.